The average molecular weight is 290 g/mol. The highest BCUT2D eigenvalue weighted by Gasteiger charge is 2.08. The first-order chi connectivity index (χ1) is 9.66. The second-order valence-electron chi connectivity index (χ2n) is 5.27. The quantitative estimate of drug-likeness (QED) is 0.769. The number of hydrogen-bond donors (Lipinski definition) is 2. The van der Waals surface area contributed by atoms with Crippen molar-refractivity contribution in [3.63, 3.8) is 0 Å². The Hall–Kier alpha value is -1.23. The van der Waals surface area contributed by atoms with Gasteiger partial charge in [0.15, 0.2) is 0 Å². The van der Waals surface area contributed by atoms with Gasteiger partial charge in [-0.25, -0.2) is 4.98 Å². The minimum atomic E-state index is -0.223. The molecule has 2 rings (SSSR count). The van der Waals surface area contributed by atoms with Gasteiger partial charge in [-0.3, -0.25) is 0 Å². The topological polar surface area (TPSA) is 45.1 Å². The van der Waals surface area contributed by atoms with Crippen LogP contribution in [0.3, 0.4) is 0 Å². The lowest BCUT2D eigenvalue weighted by molar-refractivity contribution is 0.116. The van der Waals surface area contributed by atoms with Crippen LogP contribution >= 0.6 is 11.3 Å². The molecule has 1 unspecified atom stereocenters. The fourth-order valence-electron chi connectivity index (χ4n) is 1.91. The SMILES string of the molecule is CC(C)C(O)CCNCc1nc(-c2ccccc2)cs1. The highest BCUT2D eigenvalue weighted by Crippen LogP contribution is 2.21. The van der Waals surface area contributed by atoms with Gasteiger partial charge in [-0.2, -0.15) is 0 Å². The maximum atomic E-state index is 9.72. The lowest BCUT2D eigenvalue weighted by atomic mass is 10.0. The lowest BCUT2D eigenvalue weighted by Gasteiger charge is -2.13. The summed E-state index contributed by atoms with van der Waals surface area (Å²) in [5.74, 6) is 0.321. The Kier molecular flexibility index (Phi) is 5.71. The van der Waals surface area contributed by atoms with Crippen molar-refractivity contribution in [2.75, 3.05) is 6.54 Å². The number of nitrogens with one attached hydrogen (secondary N) is 1. The molecule has 0 aliphatic rings. The van der Waals surface area contributed by atoms with Gasteiger partial charge < -0.3 is 10.4 Å². The van der Waals surface area contributed by atoms with Crippen molar-refractivity contribution in [1.29, 1.82) is 0 Å². The van der Waals surface area contributed by atoms with Gasteiger partial charge in [0.05, 0.1) is 11.8 Å². The van der Waals surface area contributed by atoms with E-state index in [1.54, 1.807) is 11.3 Å². The molecule has 1 atom stereocenters. The van der Waals surface area contributed by atoms with E-state index in [2.05, 4.69) is 27.8 Å². The molecule has 0 saturated carbocycles. The summed E-state index contributed by atoms with van der Waals surface area (Å²) in [5, 5.41) is 16.2. The number of aliphatic hydroxyl groups excluding tert-OH is 1. The number of thiazole rings is 1. The summed E-state index contributed by atoms with van der Waals surface area (Å²) in [6.45, 7) is 5.66. The molecule has 0 radical (unpaired) electrons. The Balaban J connectivity index is 1.79. The van der Waals surface area contributed by atoms with E-state index < -0.39 is 0 Å². The van der Waals surface area contributed by atoms with E-state index in [1.165, 1.54) is 0 Å². The van der Waals surface area contributed by atoms with Gasteiger partial charge in [-0.05, 0) is 18.9 Å². The first kappa shape index (κ1) is 15.2. The van der Waals surface area contributed by atoms with Gasteiger partial charge in [0.1, 0.15) is 5.01 Å². The van der Waals surface area contributed by atoms with Crippen molar-refractivity contribution in [3.05, 3.63) is 40.7 Å². The maximum absolute atomic E-state index is 9.72. The van der Waals surface area contributed by atoms with E-state index >= 15 is 0 Å². The molecule has 0 fully saturated rings. The molecule has 0 spiro atoms. The van der Waals surface area contributed by atoms with Gasteiger partial charge in [0, 0.05) is 17.5 Å². The van der Waals surface area contributed by atoms with Crippen LogP contribution in [0.1, 0.15) is 25.3 Å². The zero-order valence-corrected chi connectivity index (χ0v) is 12.9. The molecule has 0 aliphatic heterocycles. The first-order valence-corrected chi connectivity index (χ1v) is 7.93. The molecular weight excluding hydrogens is 268 g/mol. The number of rotatable bonds is 7. The molecule has 0 bridgehead atoms. The number of aromatic nitrogens is 1. The normalized spacial score (nSPS) is 12.8. The predicted molar refractivity (Wildman–Crippen MR) is 84.7 cm³/mol. The van der Waals surface area contributed by atoms with Crippen LogP contribution in [0.15, 0.2) is 35.7 Å². The summed E-state index contributed by atoms with van der Waals surface area (Å²) >= 11 is 1.67. The Morgan fingerprint density at radius 3 is 2.70 bits per heavy atom. The van der Waals surface area contributed by atoms with Crippen molar-refractivity contribution in [2.45, 2.75) is 32.9 Å². The standard InChI is InChI=1S/C16H22N2OS/c1-12(2)15(19)8-9-17-10-16-18-14(11-20-16)13-6-4-3-5-7-13/h3-7,11-12,15,17,19H,8-10H2,1-2H3. The molecule has 2 N–H and O–H groups in total. The van der Waals surface area contributed by atoms with Crippen LogP contribution in [0.5, 0.6) is 0 Å². The number of nitrogens with zero attached hydrogens (tertiary/aromatic N) is 1. The largest absolute Gasteiger partial charge is 0.393 e. The minimum absolute atomic E-state index is 0.223. The summed E-state index contributed by atoms with van der Waals surface area (Å²) in [4.78, 5) is 4.63. The van der Waals surface area contributed by atoms with E-state index in [9.17, 15) is 5.11 Å². The number of benzene rings is 1. The van der Waals surface area contributed by atoms with E-state index in [-0.39, 0.29) is 6.10 Å². The molecule has 1 aromatic heterocycles. The molecule has 4 heteroatoms. The van der Waals surface area contributed by atoms with Crippen LogP contribution in [-0.4, -0.2) is 22.7 Å². The monoisotopic (exact) mass is 290 g/mol. The highest BCUT2D eigenvalue weighted by atomic mass is 32.1. The van der Waals surface area contributed by atoms with Crippen molar-refractivity contribution in [2.24, 2.45) is 5.92 Å². The van der Waals surface area contributed by atoms with Gasteiger partial charge in [0.25, 0.3) is 0 Å². The van der Waals surface area contributed by atoms with E-state index in [4.69, 9.17) is 0 Å². The van der Waals surface area contributed by atoms with Crippen LogP contribution < -0.4 is 5.32 Å². The van der Waals surface area contributed by atoms with Crippen LogP contribution in [0, 0.1) is 5.92 Å². The fraction of sp³-hybridized carbons (Fsp3) is 0.438. The van der Waals surface area contributed by atoms with Crippen LogP contribution in [0.4, 0.5) is 0 Å². The third-order valence-corrected chi connectivity index (χ3v) is 4.13. The van der Waals surface area contributed by atoms with Crippen molar-refractivity contribution < 1.29 is 5.11 Å². The molecule has 0 saturated heterocycles. The van der Waals surface area contributed by atoms with Crippen LogP contribution in [-0.2, 0) is 6.54 Å². The molecule has 1 heterocycles. The summed E-state index contributed by atoms with van der Waals surface area (Å²) < 4.78 is 0. The van der Waals surface area contributed by atoms with E-state index in [0.29, 0.717) is 5.92 Å². The highest BCUT2D eigenvalue weighted by molar-refractivity contribution is 7.09. The molecule has 2 aromatic rings. The van der Waals surface area contributed by atoms with Crippen molar-refractivity contribution >= 4 is 11.3 Å². The first-order valence-electron chi connectivity index (χ1n) is 7.05. The number of aliphatic hydroxyl groups is 1. The molecule has 108 valence electrons. The fourth-order valence-corrected chi connectivity index (χ4v) is 2.69. The molecule has 0 amide bonds. The summed E-state index contributed by atoms with van der Waals surface area (Å²) in [6, 6.07) is 10.2. The Morgan fingerprint density at radius 2 is 2.00 bits per heavy atom. The second kappa shape index (κ2) is 7.53. The second-order valence-corrected chi connectivity index (χ2v) is 6.21. The molecule has 1 aromatic carbocycles. The zero-order chi connectivity index (χ0) is 14.4. The maximum Gasteiger partial charge on any atom is 0.107 e. The average Bonchev–Trinajstić information content (AvgIpc) is 2.93. The predicted octanol–water partition coefficient (Wildman–Crippen LogP) is 3.31. The summed E-state index contributed by atoms with van der Waals surface area (Å²) in [7, 11) is 0. The minimum Gasteiger partial charge on any atom is -0.393 e. The third-order valence-electron chi connectivity index (χ3n) is 3.28. The van der Waals surface area contributed by atoms with Gasteiger partial charge in [-0.1, -0.05) is 44.2 Å². The number of hydrogen-bond acceptors (Lipinski definition) is 4. The molecule has 3 nitrogen and oxygen atoms in total. The van der Waals surface area contributed by atoms with Crippen molar-refractivity contribution in [3.8, 4) is 11.3 Å². The Labute approximate surface area is 124 Å². The molecular formula is C16H22N2OS. The Bertz CT molecular complexity index is 510. The van der Waals surface area contributed by atoms with E-state index in [0.717, 1.165) is 35.8 Å². The van der Waals surface area contributed by atoms with E-state index in [1.807, 2.05) is 32.0 Å². The lowest BCUT2D eigenvalue weighted by Crippen LogP contribution is -2.23. The molecule has 0 aliphatic carbocycles. The summed E-state index contributed by atoms with van der Waals surface area (Å²) in [5.41, 5.74) is 2.19. The molecule has 20 heavy (non-hydrogen) atoms. The third kappa shape index (κ3) is 4.40. The Morgan fingerprint density at radius 1 is 1.25 bits per heavy atom. The zero-order valence-electron chi connectivity index (χ0n) is 12.0. The van der Waals surface area contributed by atoms with Crippen LogP contribution in [0.2, 0.25) is 0 Å². The smallest absolute Gasteiger partial charge is 0.107 e. The van der Waals surface area contributed by atoms with Crippen LogP contribution in [0.25, 0.3) is 11.3 Å². The van der Waals surface area contributed by atoms with Gasteiger partial charge in [0.2, 0.25) is 0 Å². The summed E-state index contributed by atoms with van der Waals surface area (Å²) in [6.07, 6.45) is 0.563. The van der Waals surface area contributed by atoms with Gasteiger partial charge >= 0.3 is 0 Å². The van der Waals surface area contributed by atoms with Gasteiger partial charge in [-0.15, -0.1) is 11.3 Å². The van der Waals surface area contributed by atoms with Crippen molar-refractivity contribution in [1.82, 2.24) is 10.3 Å².